The van der Waals surface area contributed by atoms with Crippen molar-refractivity contribution in [3.63, 3.8) is 0 Å². The summed E-state index contributed by atoms with van der Waals surface area (Å²) in [6.45, 7) is 4.47. The van der Waals surface area contributed by atoms with Crippen molar-refractivity contribution in [3.05, 3.63) is 68.6 Å². The number of aromatic nitrogens is 4. The Morgan fingerprint density at radius 2 is 1.23 bits per heavy atom. The van der Waals surface area contributed by atoms with Crippen LogP contribution in [-0.4, -0.2) is 94.1 Å². The van der Waals surface area contributed by atoms with Crippen LogP contribution >= 0.6 is 46.4 Å². The largest absolute Gasteiger partial charge is 0.370 e. The van der Waals surface area contributed by atoms with E-state index in [1.807, 2.05) is 49.1 Å². The Morgan fingerprint density at radius 1 is 0.737 bits per heavy atom. The molecule has 2 aromatic carbocycles. The highest BCUT2D eigenvalue weighted by atomic mass is 35.5. The van der Waals surface area contributed by atoms with E-state index in [0.717, 1.165) is 79.3 Å². The van der Waals surface area contributed by atoms with E-state index in [1.54, 1.807) is 21.7 Å². The normalized spacial score (nSPS) is 16.8. The van der Waals surface area contributed by atoms with Gasteiger partial charge in [-0.2, -0.15) is 10.2 Å². The number of rotatable bonds is 9. The third-order valence-corrected chi connectivity index (χ3v) is 12.5. The summed E-state index contributed by atoms with van der Waals surface area (Å²) in [6, 6.07) is 14.5. The Morgan fingerprint density at radius 3 is 1.74 bits per heavy atom. The molecule has 0 unspecified atom stereocenters. The maximum atomic E-state index is 12.9. The molecule has 1 saturated carbocycles. The number of guanidine groups is 1. The predicted molar refractivity (Wildman–Crippen MR) is 231 cm³/mol. The number of anilines is 2. The van der Waals surface area contributed by atoms with Crippen molar-refractivity contribution in [2.75, 3.05) is 55.6 Å². The number of hydrogen-bond donors (Lipinski definition) is 3. The number of piperidine rings is 1. The van der Waals surface area contributed by atoms with Crippen LogP contribution in [0.3, 0.4) is 0 Å². The van der Waals surface area contributed by atoms with Crippen LogP contribution in [0.2, 0.25) is 20.1 Å². The molecule has 1 atom stereocenters. The summed E-state index contributed by atoms with van der Waals surface area (Å²) in [5.74, 6) is 1.64. The molecule has 2 saturated heterocycles. The van der Waals surface area contributed by atoms with Gasteiger partial charge in [0.2, 0.25) is 11.8 Å². The lowest BCUT2D eigenvalue weighted by Crippen LogP contribution is -2.52. The lowest BCUT2D eigenvalue weighted by molar-refractivity contribution is -0.133. The van der Waals surface area contributed by atoms with Crippen LogP contribution in [0.4, 0.5) is 11.6 Å². The Balaban J connectivity index is 0.000000230. The first-order valence-corrected chi connectivity index (χ1v) is 21.0. The van der Waals surface area contributed by atoms with E-state index in [-0.39, 0.29) is 30.2 Å². The van der Waals surface area contributed by atoms with Crippen molar-refractivity contribution in [3.8, 4) is 22.5 Å². The van der Waals surface area contributed by atoms with Crippen molar-refractivity contribution >= 4 is 75.8 Å². The van der Waals surface area contributed by atoms with E-state index >= 15 is 0 Å². The van der Waals surface area contributed by atoms with Gasteiger partial charge in [0.15, 0.2) is 5.96 Å². The number of nitrogens with two attached hydrogens (primary N) is 2. The SMILES string of the molecule is Cn1nc(-c2cccc(Cl)c2Cl)cc1N1CCCCC1.Cn1nc(-c2cccc(Cl)c2Cl)cc1N1CCN(C(=O)CNC(=O)[C@H](N=C(N)N)C2CCCCC2)CC1. The van der Waals surface area contributed by atoms with Crippen molar-refractivity contribution in [1.29, 1.82) is 0 Å². The molecule has 1 aliphatic carbocycles. The van der Waals surface area contributed by atoms with Gasteiger partial charge in [0.05, 0.1) is 38.0 Å². The fraction of sp³-hybridized carbons (Fsp3) is 0.475. The summed E-state index contributed by atoms with van der Waals surface area (Å²) in [5, 5.41) is 14.0. The van der Waals surface area contributed by atoms with E-state index < -0.39 is 6.04 Å². The number of nitrogens with zero attached hydrogens (tertiary/aromatic N) is 8. The minimum absolute atomic E-state index is 0.0782. The van der Waals surface area contributed by atoms with Gasteiger partial charge in [-0.3, -0.25) is 19.0 Å². The van der Waals surface area contributed by atoms with Crippen LogP contribution in [0, 0.1) is 5.92 Å². The highest BCUT2D eigenvalue weighted by molar-refractivity contribution is 6.44. The van der Waals surface area contributed by atoms with Crippen LogP contribution in [0.5, 0.6) is 0 Å². The predicted octanol–water partition coefficient (Wildman–Crippen LogP) is 6.77. The zero-order valence-electron chi connectivity index (χ0n) is 32.4. The summed E-state index contributed by atoms with van der Waals surface area (Å²) < 4.78 is 3.73. The molecule has 2 aromatic heterocycles. The zero-order chi connectivity index (χ0) is 40.6. The number of piperazine rings is 1. The van der Waals surface area contributed by atoms with Gasteiger partial charge in [-0.05, 0) is 50.2 Å². The van der Waals surface area contributed by atoms with Gasteiger partial charge in [0.1, 0.15) is 17.7 Å². The molecule has 4 heterocycles. The van der Waals surface area contributed by atoms with Crippen molar-refractivity contribution in [1.82, 2.24) is 29.8 Å². The number of halogens is 4. The van der Waals surface area contributed by atoms with Gasteiger partial charge in [-0.15, -0.1) is 0 Å². The number of benzene rings is 2. The Kier molecular flexibility index (Phi) is 14.5. The quantitative estimate of drug-likeness (QED) is 0.123. The molecule has 7 rings (SSSR count). The fourth-order valence-electron chi connectivity index (χ4n) is 7.85. The average molecular weight is 860 g/mol. The van der Waals surface area contributed by atoms with E-state index in [0.29, 0.717) is 46.3 Å². The van der Waals surface area contributed by atoms with Gasteiger partial charge in [0.25, 0.3) is 0 Å². The molecule has 0 radical (unpaired) electrons. The Hall–Kier alpha value is -4.17. The molecular formula is C40H51Cl4N11O2. The second kappa shape index (κ2) is 19.5. The van der Waals surface area contributed by atoms with Crippen LogP contribution in [0.1, 0.15) is 51.4 Å². The molecule has 2 aliphatic heterocycles. The van der Waals surface area contributed by atoms with E-state index in [4.69, 9.17) is 57.9 Å². The lowest BCUT2D eigenvalue weighted by Gasteiger charge is -2.36. The molecule has 17 heteroatoms. The molecule has 3 fully saturated rings. The van der Waals surface area contributed by atoms with Crippen LogP contribution in [0.25, 0.3) is 22.5 Å². The van der Waals surface area contributed by atoms with Crippen molar-refractivity contribution < 1.29 is 9.59 Å². The smallest absolute Gasteiger partial charge is 0.245 e. The van der Waals surface area contributed by atoms with Crippen LogP contribution in [-0.2, 0) is 23.7 Å². The molecule has 306 valence electrons. The molecule has 5 N–H and O–H groups in total. The van der Waals surface area contributed by atoms with E-state index in [1.165, 1.54) is 19.3 Å². The van der Waals surface area contributed by atoms with Crippen LogP contribution in [0.15, 0.2) is 53.5 Å². The first-order valence-electron chi connectivity index (χ1n) is 19.5. The number of carbonyl (C=O) groups excluding carboxylic acids is 2. The number of carbonyl (C=O) groups is 2. The Bertz CT molecular complexity index is 2040. The van der Waals surface area contributed by atoms with Gasteiger partial charge in [-0.25, -0.2) is 4.99 Å². The average Bonchev–Trinajstić information content (AvgIpc) is 3.80. The summed E-state index contributed by atoms with van der Waals surface area (Å²) in [7, 11) is 3.86. The second-order valence-corrected chi connectivity index (χ2v) is 16.3. The van der Waals surface area contributed by atoms with Gasteiger partial charge >= 0.3 is 0 Å². The summed E-state index contributed by atoms with van der Waals surface area (Å²) in [4.78, 5) is 36.2. The first kappa shape index (κ1) is 42.4. The van der Waals surface area contributed by atoms with Crippen molar-refractivity contribution in [2.24, 2.45) is 36.5 Å². The summed E-state index contributed by atoms with van der Waals surface area (Å²) >= 11 is 24.9. The molecule has 0 bridgehead atoms. The highest BCUT2D eigenvalue weighted by Crippen LogP contribution is 2.36. The van der Waals surface area contributed by atoms with Gasteiger partial charge in [0, 0.05) is 76.6 Å². The topological polar surface area (TPSA) is 156 Å². The van der Waals surface area contributed by atoms with Crippen LogP contribution < -0.4 is 26.6 Å². The second-order valence-electron chi connectivity index (χ2n) is 14.8. The number of aryl methyl sites for hydroxylation is 2. The van der Waals surface area contributed by atoms with Gasteiger partial charge < -0.3 is 31.5 Å². The number of nitrogens with one attached hydrogen (secondary N) is 1. The standard InChI is InChI=1S/C25H34Cl2N8O2.C15H17Cl2N3/c1-33-20(14-19(32-33)17-8-5-9-18(26)22(17)27)34-10-12-35(13-11-34)21(36)15-30-24(37)23(31-25(28)29)16-6-3-2-4-7-16;1-19-14(20-8-3-2-4-9-20)10-13(18-19)11-6-5-7-12(16)15(11)17/h5,8-9,14,16,23H,2-4,6-7,10-13,15H2,1H3,(H,30,37)(H4,28,29,31);5-7,10H,2-4,8-9H2,1H3/t23-;/m1./s1. The number of amides is 2. The minimum atomic E-state index is -0.651. The molecular weight excluding hydrogens is 808 g/mol. The molecule has 13 nitrogen and oxygen atoms in total. The third-order valence-electron chi connectivity index (χ3n) is 10.9. The highest BCUT2D eigenvalue weighted by Gasteiger charge is 2.31. The zero-order valence-corrected chi connectivity index (χ0v) is 35.5. The third kappa shape index (κ3) is 10.5. The maximum absolute atomic E-state index is 12.9. The summed E-state index contributed by atoms with van der Waals surface area (Å²) in [6.07, 6.45) is 8.90. The minimum Gasteiger partial charge on any atom is -0.370 e. The monoisotopic (exact) mass is 857 g/mol. The fourth-order valence-corrected chi connectivity index (χ4v) is 8.64. The molecule has 3 aliphatic rings. The lowest BCUT2D eigenvalue weighted by atomic mass is 9.83. The molecule has 57 heavy (non-hydrogen) atoms. The Labute approximate surface area is 354 Å². The number of hydrogen-bond acceptors (Lipinski definition) is 7. The number of aliphatic imine (C=N–C) groups is 1. The molecule has 4 aromatic rings. The van der Waals surface area contributed by atoms with Crippen molar-refractivity contribution in [2.45, 2.75) is 57.4 Å². The van der Waals surface area contributed by atoms with E-state index in [2.05, 4.69) is 36.4 Å². The maximum Gasteiger partial charge on any atom is 0.245 e. The molecule has 0 spiro atoms. The molecule has 2 amide bonds. The first-order chi connectivity index (χ1) is 27.4. The van der Waals surface area contributed by atoms with Gasteiger partial charge in [-0.1, -0.05) is 89.9 Å². The summed E-state index contributed by atoms with van der Waals surface area (Å²) in [5.41, 5.74) is 14.4. The van der Waals surface area contributed by atoms with E-state index in [9.17, 15) is 9.59 Å².